The van der Waals surface area contributed by atoms with Crippen LogP contribution < -0.4 is 0 Å². The Bertz CT molecular complexity index is 159. The monoisotopic (exact) mass is 184 g/mol. The van der Waals surface area contributed by atoms with Gasteiger partial charge in [0, 0.05) is 13.2 Å². The smallest absolute Gasteiger partial charge is 0.0607 e. The lowest BCUT2D eigenvalue weighted by Gasteiger charge is -2.27. The summed E-state index contributed by atoms with van der Waals surface area (Å²) in [5, 5.41) is 9.86. The van der Waals surface area contributed by atoms with E-state index >= 15 is 0 Å². The highest BCUT2D eigenvalue weighted by atomic mass is 16.5. The normalized spacial score (nSPS) is 21.4. The van der Waals surface area contributed by atoms with Crippen molar-refractivity contribution in [3.8, 4) is 0 Å². The molecule has 1 aliphatic heterocycles. The predicted molar refractivity (Wildman–Crippen MR) is 53.6 cm³/mol. The van der Waals surface area contributed by atoms with Crippen LogP contribution in [0, 0.1) is 5.92 Å². The zero-order valence-electron chi connectivity index (χ0n) is 8.46. The fourth-order valence-corrected chi connectivity index (χ4v) is 1.71. The van der Waals surface area contributed by atoms with Crippen molar-refractivity contribution in [2.75, 3.05) is 13.2 Å². The van der Waals surface area contributed by atoms with Gasteiger partial charge in [-0.15, -0.1) is 0 Å². The summed E-state index contributed by atoms with van der Waals surface area (Å²) in [6, 6.07) is 0. The average molecular weight is 184 g/mol. The minimum Gasteiger partial charge on any atom is -0.393 e. The maximum atomic E-state index is 9.86. The number of aliphatic hydroxyl groups is 1. The fourth-order valence-electron chi connectivity index (χ4n) is 1.71. The van der Waals surface area contributed by atoms with Gasteiger partial charge in [0.05, 0.1) is 6.10 Å². The van der Waals surface area contributed by atoms with Crippen molar-refractivity contribution in [2.24, 2.45) is 5.92 Å². The third-order valence-corrected chi connectivity index (χ3v) is 2.81. The molecule has 1 rings (SSSR count). The van der Waals surface area contributed by atoms with Gasteiger partial charge in [-0.1, -0.05) is 19.1 Å². The Morgan fingerprint density at radius 2 is 2.15 bits per heavy atom. The summed E-state index contributed by atoms with van der Waals surface area (Å²) in [5.41, 5.74) is 1.15. The number of hydrogen-bond acceptors (Lipinski definition) is 2. The molecule has 1 N–H and O–H groups in total. The Morgan fingerprint density at radius 1 is 1.54 bits per heavy atom. The molecule has 1 heterocycles. The molecule has 0 aromatic rings. The van der Waals surface area contributed by atoms with E-state index in [-0.39, 0.29) is 6.10 Å². The molecule has 0 saturated carbocycles. The van der Waals surface area contributed by atoms with E-state index in [1.54, 1.807) is 0 Å². The molecule has 13 heavy (non-hydrogen) atoms. The minimum atomic E-state index is -0.198. The van der Waals surface area contributed by atoms with Gasteiger partial charge < -0.3 is 9.84 Å². The van der Waals surface area contributed by atoms with E-state index in [0.29, 0.717) is 5.92 Å². The topological polar surface area (TPSA) is 29.5 Å². The van der Waals surface area contributed by atoms with Crippen molar-refractivity contribution in [1.82, 2.24) is 0 Å². The van der Waals surface area contributed by atoms with E-state index < -0.39 is 0 Å². The van der Waals surface area contributed by atoms with Gasteiger partial charge in [0.25, 0.3) is 0 Å². The second-order valence-corrected chi connectivity index (χ2v) is 3.82. The van der Waals surface area contributed by atoms with Crippen molar-refractivity contribution in [2.45, 2.75) is 38.7 Å². The van der Waals surface area contributed by atoms with E-state index in [4.69, 9.17) is 4.74 Å². The average Bonchev–Trinajstić information content (AvgIpc) is 2.19. The molecule has 1 unspecified atom stereocenters. The largest absolute Gasteiger partial charge is 0.393 e. The first-order chi connectivity index (χ1) is 6.24. The molecule has 1 aliphatic rings. The first kappa shape index (κ1) is 10.7. The van der Waals surface area contributed by atoms with E-state index in [9.17, 15) is 5.11 Å². The van der Waals surface area contributed by atoms with Crippen LogP contribution in [0.2, 0.25) is 0 Å². The van der Waals surface area contributed by atoms with Gasteiger partial charge in [-0.2, -0.15) is 0 Å². The Hall–Kier alpha value is -0.340. The lowest BCUT2D eigenvalue weighted by Crippen LogP contribution is -2.27. The third-order valence-electron chi connectivity index (χ3n) is 2.81. The SMILES string of the molecule is C=C(CC)CC(O)C1CCOCC1. The predicted octanol–water partition coefficient (Wildman–Crippen LogP) is 2.13. The van der Waals surface area contributed by atoms with Crippen molar-refractivity contribution >= 4 is 0 Å². The van der Waals surface area contributed by atoms with Crippen molar-refractivity contribution < 1.29 is 9.84 Å². The number of hydrogen-bond donors (Lipinski definition) is 1. The molecule has 2 nitrogen and oxygen atoms in total. The van der Waals surface area contributed by atoms with Crippen LogP contribution in [0.3, 0.4) is 0 Å². The lowest BCUT2D eigenvalue weighted by molar-refractivity contribution is 0.00825. The molecule has 0 aliphatic carbocycles. The quantitative estimate of drug-likeness (QED) is 0.678. The van der Waals surface area contributed by atoms with E-state index in [2.05, 4.69) is 13.5 Å². The van der Waals surface area contributed by atoms with Gasteiger partial charge in [-0.05, 0) is 31.6 Å². The second-order valence-electron chi connectivity index (χ2n) is 3.82. The number of rotatable bonds is 4. The second kappa shape index (κ2) is 5.40. The third kappa shape index (κ3) is 3.49. The lowest BCUT2D eigenvalue weighted by atomic mass is 9.90. The fraction of sp³-hybridized carbons (Fsp3) is 0.818. The molecule has 0 bridgehead atoms. The van der Waals surface area contributed by atoms with Crippen LogP contribution in [0.25, 0.3) is 0 Å². The van der Waals surface area contributed by atoms with E-state index in [1.165, 1.54) is 0 Å². The molecule has 76 valence electrons. The van der Waals surface area contributed by atoms with Crippen molar-refractivity contribution in [1.29, 1.82) is 0 Å². The van der Waals surface area contributed by atoms with Gasteiger partial charge in [0.1, 0.15) is 0 Å². The van der Waals surface area contributed by atoms with Crippen LogP contribution in [0.15, 0.2) is 12.2 Å². The molecular formula is C11H20O2. The molecule has 0 radical (unpaired) electrons. The summed E-state index contributed by atoms with van der Waals surface area (Å²) in [7, 11) is 0. The molecule has 0 amide bonds. The Kier molecular flexibility index (Phi) is 4.46. The van der Waals surface area contributed by atoms with Crippen LogP contribution in [0.1, 0.15) is 32.6 Å². The Morgan fingerprint density at radius 3 is 2.69 bits per heavy atom. The van der Waals surface area contributed by atoms with Crippen LogP contribution in [-0.2, 0) is 4.74 Å². The van der Waals surface area contributed by atoms with E-state index in [0.717, 1.165) is 44.5 Å². The maximum absolute atomic E-state index is 9.86. The number of ether oxygens (including phenoxy) is 1. The molecule has 1 saturated heterocycles. The van der Waals surface area contributed by atoms with Crippen LogP contribution in [0.4, 0.5) is 0 Å². The highest BCUT2D eigenvalue weighted by Crippen LogP contribution is 2.23. The summed E-state index contributed by atoms with van der Waals surface area (Å²) in [6.45, 7) is 7.61. The van der Waals surface area contributed by atoms with Crippen LogP contribution in [0.5, 0.6) is 0 Å². The minimum absolute atomic E-state index is 0.198. The number of aliphatic hydroxyl groups excluding tert-OH is 1. The standard InChI is InChI=1S/C11H20O2/c1-3-9(2)8-11(12)10-4-6-13-7-5-10/h10-12H,2-8H2,1H3. The molecule has 2 heteroatoms. The maximum Gasteiger partial charge on any atom is 0.0607 e. The van der Waals surface area contributed by atoms with Gasteiger partial charge in [0.15, 0.2) is 0 Å². The summed E-state index contributed by atoms with van der Waals surface area (Å²) in [6.07, 6.45) is 3.54. The molecule has 0 aromatic heterocycles. The summed E-state index contributed by atoms with van der Waals surface area (Å²) in [4.78, 5) is 0. The van der Waals surface area contributed by atoms with Crippen LogP contribution >= 0.6 is 0 Å². The van der Waals surface area contributed by atoms with Gasteiger partial charge in [-0.3, -0.25) is 0 Å². The Balaban J connectivity index is 2.28. The Labute approximate surface area is 80.6 Å². The van der Waals surface area contributed by atoms with Gasteiger partial charge in [0.2, 0.25) is 0 Å². The van der Waals surface area contributed by atoms with Crippen LogP contribution in [-0.4, -0.2) is 24.4 Å². The zero-order chi connectivity index (χ0) is 9.68. The first-order valence-electron chi connectivity index (χ1n) is 5.16. The molecule has 1 atom stereocenters. The molecular weight excluding hydrogens is 164 g/mol. The van der Waals surface area contributed by atoms with E-state index in [1.807, 2.05) is 0 Å². The van der Waals surface area contributed by atoms with Crippen molar-refractivity contribution in [3.63, 3.8) is 0 Å². The molecule has 1 fully saturated rings. The highest BCUT2D eigenvalue weighted by molar-refractivity contribution is 4.96. The first-order valence-corrected chi connectivity index (χ1v) is 5.16. The summed E-state index contributed by atoms with van der Waals surface area (Å²) in [5.74, 6) is 0.428. The summed E-state index contributed by atoms with van der Waals surface area (Å²) >= 11 is 0. The molecule has 0 spiro atoms. The summed E-state index contributed by atoms with van der Waals surface area (Å²) < 4.78 is 5.25. The van der Waals surface area contributed by atoms with Crippen molar-refractivity contribution in [3.05, 3.63) is 12.2 Å². The highest BCUT2D eigenvalue weighted by Gasteiger charge is 2.21. The van der Waals surface area contributed by atoms with Gasteiger partial charge >= 0.3 is 0 Å². The molecule has 0 aromatic carbocycles. The van der Waals surface area contributed by atoms with Gasteiger partial charge in [-0.25, -0.2) is 0 Å². The zero-order valence-corrected chi connectivity index (χ0v) is 8.46.